The van der Waals surface area contributed by atoms with Crippen LogP contribution in [0.3, 0.4) is 0 Å². The number of nitrogens with one attached hydrogen (secondary N) is 1. The fourth-order valence-electron chi connectivity index (χ4n) is 3.00. The van der Waals surface area contributed by atoms with Crippen LogP contribution < -0.4 is 14.8 Å². The molecule has 0 aliphatic carbocycles. The summed E-state index contributed by atoms with van der Waals surface area (Å²) in [6.07, 6.45) is 1.27. The molecule has 0 radical (unpaired) electrons. The number of likely N-dealkylation sites (tertiary alicyclic amines) is 1. The highest BCUT2D eigenvalue weighted by Crippen LogP contribution is 2.33. The number of amides is 1. The monoisotopic (exact) mass is 322 g/mol. The molecule has 0 aromatic heterocycles. The van der Waals surface area contributed by atoms with E-state index in [-0.39, 0.29) is 12.5 Å². The molecule has 1 heterocycles. The van der Waals surface area contributed by atoms with Crippen LogP contribution >= 0.6 is 0 Å². The Hall–Kier alpha value is -1.79. The molecule has 1 aliphatic rings. The standard InChI is InChI=1S/C17H26N2O4/c1-4-18-12-17(21)9-6-10-19(16(17)20)11-13-7-5-8-14(22-2)15(13)23-3/h5,7-8,18,21H,4,6,9-12H2,1-3H3/t17-/m1/s1. The van der Waals surface area contributed by atoms with Crippen LogP contribution in [0.25, 0.3) is 0 Å². The van der Waals surface area contributed by atoms with Gasteiger partial charge in [0.1, 0.15) is 0 Å². The van der Waals surface area contributed by atoms with E-state index in [1.165, 1.54) is 0 Å². The minimum absolute atomic E-state index is 0.227. The largest absolute Gasteiger partial charge is 0.493 e. The summed E-state index contributed by atoms with van der Waals surface area (Å²) in [5, 5.41) is 13.7. The lowest BCUT2D eigenvalue weighted by Crippen LogP contribution is -2.57. The third kappa shape index (κ3) is 3.76. The van der Waals surface area contributed by atoms with Crippen LogP contribution in [-0.4, -0.2) is 55.4 Å². The number of methoxy groups -OCH3 is 2. The van der Waals surface area contributed by atoms with Gasteiger partial charge in [-0.25, -0.2) is 0 Å². The van der Waals surface area contributed by atoms with Crippen LogP contribution in [0.2, 0.25) is 0 Å². The lowest BCUT2D eigenvalue weighted by Gasteiger charge is -2.38. The Kier molecular flexibility index (Phi) is 5.85. The maximum Gasteiger partial charge on any atom is 0.256 e. The number of nitrogens with zero attached hydrogens (tertiary/aromatic N) is 1. The molecule has 1 aromatic carbocycles. The molecule has 1 amide bonds. The van der Waals surface area contributed by atoms with Gasteiger partial charge < -0.3 is 24.8 Å². The zero-order valence-corrected chi connectivity index (χ0v) is 14.1. The van der Waals surface area contributed by atoms with Crippen LogP contribution in [0.15, 0.2) is 18.2 Å². The molecule has 23 heavy (non-hydrogen) atoms. The fourth-order valence-corrected chi connectivity index (χ4v) is 3.00. The molecule has 0 bridgehead atoms. The molecule has 2 rings (SSSR count). The van der Waals surface area contributed by atoms with Crippen molar-refractivity contribution in [3.05, 3.63) is 23.8 Å². The highest BCUT2D eigenvalue weighted by atomic mass is 16.5. The summed E-state index contributed by atoms with van der Waals surface area (Å²) >= 11 is 0. The molecule has 0 spiro atoms. The van der Waals surface area contributed by atoms with E-state index in [2.05, 4.69) is 5.32 Å². The summed E-state index contributed by atoms with van der Waals surface area (Å²) in [6.45, 7) is 3.99. The van der Waals surface area contributed by atoms with Crippen molar-refractivity contribution in [1.29, 1.82) is 0 Å². The summed E-state index contributed by atoms with van der Waals surface area (Å²) in [5.74, 6) is 1.04. The summed E-state index contributed by atoms with van der Waals surface area (Å²) in [7, 11) is 3.17. The Balaban J connectivity index is 2.18. The van der Waals surface area contributed by atoms with Crippen molar-refractivity contribution in [2.45, 2.75) is 31.9 Å². The maximum atomic E-state index is 12.7. The first kappa shape index (κ1) is 17.6. The molecule has 2 N–H and O–H groups in total. The van der Waals surface area contributed by atoms with Crippen LogP contribution in [0.4, 0.5) is 0 Å². The minimum Gasteiger partial charge on any atom is -0.493 e. The second kappa shape index (κ2) is 7.66. The van der Waals surface area contributed by atoms with E-state index in [0.29, 0.717) is 31.0 Å². The number of hydrogen-bond donors (Lipinski definition) is 2. The molecular weight excluding hydrogens is 296 g/mol. The van der Waals surface area contributed by atoms with Gasteiger partial charge in [-0.3, -0.25) is 4.79 Å². The van der Waals surface area contributed by atoms with E-state index in [9.17, 15) is 9.90 Å². The zero-order valence-electron chi connectivity index (χ0n) is 14.1. The van der Waals surface area contributed by atoms with Gasteiger partial charge in [0.2, 0.25) is 0 Å². The second-order valence-electron chi connectivity index (χ2n) is 5.79. The van der Waals surface area contributed by atoms with Crippen LogP contribution in [0.1, 0.15) is 25.3 Å². The molecule has 6 heteroatoms. The van der Waals surface area contributed by atoms with Crippen LogP contribution in [0, 0.1) is 0 Å². The van der Waals surface area contributed by atoms with E-state index >= 15 is 0 Å². The van der Waals surface area contributed by atoms with Crippen LogP contribution in [0.5, 0.6) is 11.5 Å². The highest BCUT2D eigenvalue weighted by Gasteiger charge is 2.41. The normalized spacial score (nSPS) is 21.4. The first-order valence-electron chi connectivity index (χ1n) is 7.98. The number of carbonyl (C=O) groups excluding carboxylic acids is 1. The molecule has 0 saturated carbocycles. The average molecular weight is 322 g/mol. The van der Waals surface area contributed by atoms with E-state index in [1.54, 1.807) is 19.1 Å². The van der Waals surface area contributed by atoms with E-state index in [0.717, 1.165) is 18.5 Å². The number of carbonyl (C=O) groups is 1. The number of para-hydroxylation sites is 1. The van der Waals surface area contributed by atoms with Crippen molar-refractivity contribution in [2.24, 2.45) is 0 Å². The van der Waals surface area contributed by atoms with Gasteiger partial charge in [0.25, 0.3) is 5.91 Å². The van der Waals surface area contributed by atoms with Crippen molar-refractivity contribution in [2.75, 3.05) is 33.9 Å². The number of ether oxygens (including phenoxy) is 2. The molecular formula is C17H26N2O4. The van der Waals surface area contributed by atoms with Gasteiger partial charge >= 0.3 is 0 Å². The molecule has 1 fully saturated rings. The van der Waals surface area contributed by atoms with Gasteiger partial charge in [0.15, 0.2) is 17.1 Å². The zero-order chi connectivity index (χ0) is 16.9. The molecule has 1 atom stereocenters. The smallest absolute Gasteiger partial charge is 0.256 e. The molecule has 1 aromatic rings. The SMILES string of the molecule is CCNC[C@]1(O)CCCN(Cc2cccc(OC)c2OC)C1=O. The van der Waals surface area contributed by atoms with Gasteiger partial charge in [-0.15, -0.1) is 0 Å². The topological polar surface area (TPSA) is 71.0 Å². The van der Waals surface area contributed by atoms with Gasteiger partial charge in [-0.05, 0) is 25.5 Å². The van der Waals surface area contributed by atoms with Gasteiger partial charge in [-0.2, -0.15) is 0 Å². The predicted molar refractivity (Wildman–Crippen MR) is 87.7 cm³/mol. The minimum atomic E-state index is -1.32. The molecule has 128 valence electrons. The summed E-state index contributed by atoms with van der Waals surface area (Å²) < 4.78 is 10.7. The van der Waals surface area contributed by atoms with Crippen molar-refractivity contribution < 1.29 is 19.4 Å². The average Bonchev–Trinajstić information content (AvgIpc) is 2.57. The Morgan fingerprint density at radius 3 is 2.78 bits per heavy atom. The molecule has 1 aliphatic heterocycles. The summed E-state index contributed by atoms with van der Waals surface area (Å²) in [5.41, 5.74) is -0.451. The Morgan fingerprint density at radius 2 is 2.13 bits per heavy atom. The van der Waals surface area contributed by atoms with Gasteiger partial charge in [0.05, 0.1) is 14.2 Å². The van der Waals surface area contributed by atoms with Crippen LogP contribution in [-0.2, 0) is 11.3 Å². The van der Waals surface area contributed by atoms with E-state index in [4.69, 9.17) is 9.47 Å². The van der Waals surface area contributed by atoms with Crippen molar-refractivity contribution in [3.8, 4) is 11.5 Å². The number of aliphatic hydroxyl groups is 1. The number of piperidine rings is 1. The van der Waals surface area contributed by atoms with Crippen molar-refractivity contribution in [1.82, 2.24) is 10.2 Å². The number of likely N-dealkylation sites (N-methyl/N-ethyl adjacent to an activating group) is 1. The number of hydrogen-bond acceptors (Lipinski definition) is 5. The van der Waals surface area contributed by atoms with Gasteiger partial charge in [0, 0.05) is 25.2 Å². The van der Waals surface area contributed by atoms with Crippen molar-refractivity contribution >= 4 is 5.91 Å². The summed E-state index contributed by atoms with van der Waals surface area (Å²) in [4.78, 5) is 14.4. The lowest BCUT2D eigenvalue weighted by atomic mass is 9.91. The predicted octanol–water partition coefficient (Wildman–Crippen LogP) is 1.17. The quantitative estimate of drug-likeness (QED) is 0.788. The molecule has 1 saturated heterocycles. The molecule has 6 nitrogen and oxygen atoms in total. The van der Waals surface area contributed by atoms with E-state index < -0.39 is 5.60 Å². The Labute approximate surface area is 137 Å². The lowest BCUT2D eigenvalue weighted by molar-refractivity contribution is -0.157. The second-order valence-corrected chi connectivity index (χ2v) is 5.79. The molecule has 0 unspecified atom stereocenters. The third-order valence-corrected chi connectivity index (χ3v) is 4.22. The number of rotatable bonds is 7. The fraction of sp³-hybridized carbons (Fsp3) is 0.588. The van der Waals surface area contributed by atoms with Gasteiger partial charge in [-0.1, -0.05) is 19.1 Å². The first-order valence-corrected chi connectivity index (χ1v) is 7.98. The first-order chi connectivity index (χ1) is 11.1. The van der Waals surface area contributed by atoms with E-state index in [1.807, 2.05) is 25.1 Å². The Bertz CT molecular complexity index is 549. The maximum absolute atomic E-state index is 12.7. The summed E-state index contributed by atoms with van der Waals surface area (Å²) in [6, 6.07) is 5.60. The van der Waals surface area contributed by atoms with Crippen molar-refractivity contribution in [3.63, 3.8) is 0 Å². The Morgan fingerprint density at radius 1 is 1.35 bits per heavy atom. The third-order valence-electron chi connectivity index (χ3n) is 4.22. The highest BCUT2D eigenvalue weighted by molar-refractivity contribution is 5.86. The number of benzene rings is 1.